The van der Waals surface area contributed by atoms with Gasteiger partial charge in [0.25, 0.3) is 0 Å². The molecule has 0 aliphatic heterocycles. The van der Waals surface area contributed by atoms with E-state index in [1.54, 1.807) is 6.33 Å². The third-order valence-electron chi connectivity index (χ3n) is 3.54. The van der Waals surface area contributed by atoms with Crippen LogP contribution in [0.4, 0.5) is 0 Å². The molecule has 4 heteroatoms. The SMILES string of the molecule is CCC1CCCCC1n1cnnc1CO. The Labute approximate surface area is 90.3 Å². The summed E-state index contributed by atoms with van der Waals surface area (Å²) in [5, 5.41) is 17.0. The van der Waals surface area contributed by atoms with Gasteiger partial charge >= 0.3 is 0 Å². The Morgan fingerprint density at radius 3 is 3.00 bits per heavy atom. The number of nitrogens with zero attached hydrogens (tertiary/aromatic N) is 3. The molecule has 2 atom stereocenters. The molecule has 1 aromatic rings. The lowest BCUT2D eigenvalue weighted by atomic mass is 9.82. The highest BCUT2D eigenvalue weighted by molar-refractivity contribution is 4.91. The van der Waals surface area contributed by atoms with Gasteiger partial charge in [0, 0.05) is 6.04 Å². The van der Waals surface area contributed by atoms with Crippen LogP contribution in [0.2, 0.25) is 0 Å². The average Bonchev–Trinajstić information content (AvgIpc) is 2.76. The highest BCUT2D eigenvalue weighted by Gasteiger charge is 2.26. The van der Waals surface area contributed by atoms with Crippen molar-refractivity contribution in [2.24, 2.45) is 5.92 Å². The molecule has 1 aliphatic rings. The first-order valence-corrected chi connectivity index (χ1v) is 5.86. The van der Waals surface area contributed by atoms with Crippen molar-refractivity contribution in [2.75, 3.05) is 0 Å². The number of aliphatic hydroxyl groups is 1. The smallest absolute Gasteiger partial charge is 0.158 e. The van der Waals surface area contributed by atoms with Gasteiger partial charge in [-0.25, -0.2) is 0 Å². The van der Waals surface area contributed by atoms with E-state index >= 15 is 0 Å². The molecule has 0 aromatic carbocycles. The topological polar surface area (TPSA) is 50.9 Å². The van der Waals surface area contributed by atoms with Crippen LogP contribution in [-0.4, -0.2) is 19.9 Å². The molecule has 4 nitrogen and oxygen atoms in total. The molecule has 1 fully saturated rings. The van der Waals surface area contributed by atoms with Crippen LogP contribution in [0, 0.1) is 5.92 Å². The fourth-order valence-corrected chi connectivity index (χ4v) is 2.69. The summed E-state index contributed by atoms with van der Waals surface area (Å²) in [4.78, 5) is 0. The third-order valence-corrected chi connectivity index (χ3v) is 3.54. The second kappa shape index (κ2) is 4.75. The Balaban J connectivity index is 2.20. The van der Waals surface area contributed by atoms with Crippen molar-refractivity contribution in [2.45, 2.75) is 51.7 Å². The lowest BCUT2D eigenvalue weighted by Gasteiger charge is -2.32. The van der Waals surface area contributed by atoms with E-state index in [2.05, 4.69) is 21.7 Å². The quantitative estimate of drug-likeness (QED) is 0.827. The number of hydrogen-bond acceptors (Lipinski definition) is 3. The molecule has 15 heavy (non-hydrogen) atoms. The van der Waals surface area contributed by atoms with E-state index in [1.807, 2.05) is 0 Å². The van der Waals surface area contributed by atoms with Crippen LogP contribution in [0.15, 0.2) is 6.33 Å². The Kier molecular flexibility index (Phi) is 3.36. The zero-order chi connectivity index (χ0) is 10.7. The van der Waals surface area contributed by atoms with Crippen LogP contribution in [0.1, 0.15) is 50.9 Å². The molecule has 1 heterocycles. The van der Waals surface area contributed by atoms with Gasteiger partial charge in [-0.1, -0.05) is 26.2 Å². The first-order valence-electron chi connectivity index (χ1n) is 5.86. The first-order chi connectivity index (χ1) is 7.36. The fraction of sp³-hybridized carbons (Fsp3) is 0.818. The molecule has 0 radical (unpaired) electrons. The number of aliphatic hydroxyl groups excluding tert-OH is 1. The van der Waals surface area contributed by atoms with Crippen molar-refractivity contribution >= 4 is 0 Å². The number of aromatic nitrogens is 3. The van der Waals surface area contributed by atoms with Gasteiger partial charge in [0.05, 0.1) is 0 Å². The summed E-state index contributed by atoms with van der Waals surface area (Å²) in [6.07, 6.45) is 8.08. The highest BCUT2D eigenvalue weighted by Crippen LogP contribution is 2.36. The molecule has 1 aliphatic carbocycles. The van der Waals surface area contributed by atoms with Crippen LogP contribution >= 0.6 is 0 Å². The molecule has 1 saturated carbocycles. The molecule has 84 valence electrons. The van der Waals surface area contributed by atoms with Crippen molar-refractivity contribution in [3.63, 3.8) is 0 Å². The van der Waals surface area contributed by atoms with Crippen LogP contribution < -0.4 is 0 Å². The summed E-state index contributed by atoms with van der Waals surface area (Å²) in [5.41, 5.74) is 0. The molecule has 0 spiro atoms. The molecule has 2 rings (SSSR count). The minimum atomic E-state index is -0.00701. The monoisotopic (exact) mass is 209 g/mol. The Bertz CT molecular complexity index is 311. The molecule has 1 aromatic heterocycles. The van der Waals surface area contributed by atoms with Crippen molar-refractivity contribution in [3.8, 4) is 0 Å². The van der Waals surface area contributed by atoms with Crippen LogP contribution in [0.3, 0.4) is 0 Å². The zero-order valence-electron chi connectivity index (χ0n) is 9.26. The van der Waals surface area contributed by atoms with Gasteiger partial charge in [-0.3, -0.25) is 0 Å². The van der Waals surface area contributed by atoms with Crippen LogP contribution in [-0.2, 0) is 6.61 Å². The molecule has 0 saturated heterocycles. The largest absolute Gasteiger partial charge is 0.388 e. The van der Waals surface area contributed by atoms with Crippen molar-refractivity contribution in [1.82, 2.24) is 14.8 Å². The molecule has 0 amide bonds. The second-order valence-electron chi connectivity index (χ2n) is 4.33. The van der Waals surface area contributed by atoms with Crippen molar-refractivity contribution < 1.29 is 5.11 Å². The maximum absolute atomic E-state index is 9.17. The van der Waals surface area contributed by atoms with E-state index in [0.29, 0.717) is 11.9 Å². The number of hydrogen-bond donors (Lipinski definition) is 1. The predicted octanol–water partition coefficient (Wildman–Crippen LogP) is 1.91. The van der Waals surface area contributed by atoms with Gasteiger partial charge in [0.15, 0.2) is 5.82 Å². The molecule has 1 N–H and O–H groups in total. The van der Waals surface area contributed by atoms with Gasteiger partial charge in [0.2, 0.25) is 0 Å². The summed E-state index contributed by atoms with van der Waals surface area (Å²) in [6.45, 7) is 2.24. The summed E-state index contributed by atoms with van der Waals surface area (Å²) >= 11 is 0. The highest BCUT2D eigenvalue weighted by atomic mass is 16.3. The fourth-order valence-electron chi connectivity index (χ4n) is 2.69. The molecular formula is C11H19N3O. The summed E-state index contributed by atoms with van der Waals surface area (Å²) in [7, 11) is 0. The van der Waals surface area contributed by atoms with Crippen LogP contribution in [0.5, 0.6) is 0 Å². The second-order valence-corrected chi connectivity index (χ2v) is 4.33. The van der Waals surface area contributed by atoms with E-state index < -0.39 is 0 Å². The van der Waals surface area contributed by atoms with Gasteiger partial charge in [0.1, 0.15) is 12.9 Å². The minimum absolute atomic E-state index is 0.00701. The molecule has 2 unspecified atom stereocenters. The predicted molar refractivity (Wildman–Crippen MR) is 57.2 cm³/mol. The zero-order valence-corrected chi connectivity index (χ0v) is 9.26. The summed E-state index contributed by atoms with van der Waals surface area (Å²) in [6, 6.07) is 0.501. The maximum atomic E-state index is 9.17. The first kappa shape index (κ1) is 10.6. The lowest BCUT2D eigenvalue weighted by Crippen LogP contribution is -2.23. The van der Waals surface area contributed by atoms with E-state index in [4.69, 9.17) is 0 Å². The number of rotatable bonds is 3. The average molecular weight is 209 g/mol. The van der Waals surface area contributed by atoms with Crippen molar-refractivity contribution in [3.05, 3.63) is 12.2 Å². The minimum Gasteiger partial charge on any atom is -0.388 e. The lowest BCUT2D eigenvalue weighted by molar-refractivity contribution is 0.207. The normalized spacial score (nSPS) is 26.8. The Morgan fingerprint density at radius 1 is 1.47 bits per heavy atom. The Morgan fingerprint density at radius 2 is 2.27 bits per heavy atom. The van der Waals surface area contributed by atoms with Gasteiger partial charge in [-0.2, -0.15) is 0 Å². The van der Waals surface area contributed by atoms with Gasteiger partial charge in [-0.05, 0) is 18.8 Å². The summed E-state index contributed by atoms with van der Waals surface area (Å²) < 4.78 is 2.08. The van der Waals surface area contributed by atoms with E-state index in [-0.39, 0.29) is 6.61 Å². The maximum Gasteiger partial charge on any atom is 0.158 e. The van der Waals surface area contributed by atoms with E-state index in [9.17, 15) is 5.11 Å². The van der Waals surface area contributed by atoms with Gasteiger partial charge in [-0.15, -0.1) is 10.2 Å². The standard InChI is InChI=1S/C11H19N3O/c1-2-9-5-3-4-6-10(9)14-8-12-13-11(14)7-15/h8-10,15H,2-7H2,1H3. The van der Waals surface area contributed by atoms with Gasteiger partial charge < -0.3 is 9.67 Å². The third kappa shape index (κ3) is 2.04. The summed E-state index contributed by atoms with van der Waals surface area (Å²) in [5.74, 6) is 1.43. The molecular weight excluding hydrogens is 190 g/mol. The van der Waals surface area contributed by atoms with E-state index in [0.717, 1.165) is 5.92 Å². The van der Waals surface area contributed by atoms with E-state index in [1.165, 1.54) is 32.1 Å². The molecule has 0 bridgehead atoms. The Hall–Kier alpha value is -0.900. The van der Waals surface area contributed by atoms with Crippen LogP contribution in [0.25, 0.3) is 0 Å². The van der Waals surface area contributed by atoms with Crippen molar-refractivity contribution in [1.29, 1.82) is 0 Å².